The van der Waals surface area contributed by atoms with Crippen LogP contribution in [0.2, 0.25) is 5.02 Å². The van der Waals surface area contributed by atoms with Crippen LogP contribution in [-0.4, -0.2) is 6.54 Å². The first kappa shape index (κ1) is 12.3. The molecule has 0 radical (unpaired) electrons. The standard InChI is InChI=1S/C10H11ClF3N/c1-6(5-15)8-3-2-7(11)4-9(8)10(12,13)14/h2-4,6H,5,15H2,1H3. The van der Waals surface area contributed by atoms with Gasteiger partial charge in [0.05, 0.1) is 5.56 Å². The zero-order valence-electron chi connectivity index (χ0n) is 8.11. The molecule has 0 saturated heterocycles. The third-order valence-corrected chi connectivity index (χ3v) is 2.44. The summed E-state index contributed by atoms with van der Waals surface area (Å²) in [4.78, 5) is 0. The average Bonchev–Trinajstić information content (AvgIpc) is 2.15. The van der Waals surface area contributed by atoms with Crippen molar-refractivity contribution < 1.29 is 13.2 Å². The number of benzene rings is 1. The van der Waals surface area contributed by atoms with Gasteiger partial charge in [-0.1, -0.05) is 24.6 Å². The van der Waals surface area contributed by atoms with Gasteiger partial charge in [0, 0.05) is 5.02 Å². The first-order chi connectivity index (χ1) is 6.86. The number of halogens is 4. The maximum absolute atomic E-state index is 12.6. The van der Waals surface area contributed by atoms with Crippen molar-refractivity contribution in [1.82, 2.24) is 0 Å². The molecular weight excluding hydrogens is 227 g/mol. The SMILES string of the molecule is CC(CN)c1ccc(Cl)cc1C(F)(F)F. The molecule has 84 valence electrons. The average molecular weight is 238 g/mol. The summed E-state index contributed by atoms with van der Waals surface area (Å²) in [5.74, 6) is -0.334. The lowest BCUT2D eigenvalue weighted by Crippen LogP contribution is -2.15. The Hall–Kier alpha value is -0.740. The van der Waals surface area contributed by atoms with E-state index < -0.39 is 11.7 Å². The summed E-state index contributed by atoms with van der Waals surface area (Å²) in [6.45, 7) is 1.82. The normalized spacial score (nSPS) is 14.0. The van der Waals surface area contributed by atoms with Crippen LogP contribution in [0.5, 0.6) is 0 Å². The molecule has 0 bridgehead atoms. The quantitative estimate of drug-likeness (QED) is 0.838. The number of nitrogens with two attached hydrogens (primary N) is 1. The molecule has 2 N–H and O–H groups in total. The van der Waals surface area contributed by atoms with Crippen LogP contribution in [-0.2, 0) is 6.18 Å². The molecule has 15 heavy (non-hydrogen) atoms. The van der Waals surface area contributed by atoms with E-state index in [0.717, 1.165) is 6.07 Å². The molecule has 0 aliphatic carbocycles. The molecule has 0 heterocycles. The van der Waals surface area contributed by atoms with Crippen molar-refractivity contribution >= 4 is 11.6 Å². The molecule has 0 aliphatic rings. The van der Waals surface area contributed by atoms with E-state index in [1.165, 1.54) is 12.1 Å². The van der Waals surface area contributed by atoms with Gasteiger partial charge in [0.25, 0.3) is 0 Å². The molecule has 0 aromatic heterocycles. The number of hydrogen-bond donors (Lipinski definition) is 1. The smallest absolute Gasteiger partial charge is 0.330 e. The van der Waals surface area contributed by atoms with Crippen molar-refractivity contribution in [2.45, 2.75) is 19.0 Å². The summed E-state index contributed by atoms with van der Waals surface area (Å²) in [6.07, 6.45) is -4.39. The molecule has 5 heteroatoms. The van der Waals surface area contributed by atoms with E-state index in [-0.39, 0.29) is 23.0 Å². The predicted molar refractivity (Wildman–Crippen MR) is 53.9 cm³/mol. The van der Waals surface area contributed by atoms with Crippen LogP contribution in [0.25, 0.3) is 0 Å². The van der Waals surface area contributed by atoms with Gasteiger partial charge in [-0.15, -0.1) is 0 Å². The fraction of sp³-hybridized carbons (Fsp3) is 0.400. The molecule has 0 fully saturated rings. The number of alkyl halides is 3. The van der Waals surface area contributed by atoms with Crippen LogP contribution in [0, 0.1) is 0 Å². The zero-order valence-corrected chi connectivity index (χ0v) is 8.86. The maximum Gasteiger partial charge on any atom is 0.416 e. The van der Waals surface area contributed by atoms with Gasteiger partial charge in [-0.3, -0.25) is 0 Å². The van der Waals surface area contributed by atoms with Crippen LogP contribution < -0.4 is 5.73 Å². The van der Waals surface area contributed by atoms with E-state index in [1.807, 2.05) is 0 Å². The second-order valence-electron chi connectivity index (χ2n) is 3.37. The minimum atomic E-state index is -4.39. The summed E-state index contributed by atoms with van der Waals surface area (Å²) in [5.41, 5.74) is 4.84. The highest BCUT2D eigenvalue weighted by Crippen LogP contribution is 2.36. The first-order valence-electron chi connectivity index (χ1n) is 4.43. The van der Waals surface area contributed by atoms with Gasteiger partial charge in [-0.25, -0.2) is 0 Å². The summed E-state index contributed by atoms with van der Waals surface area (Å²) < 4.78 is 37.9. The van der Waals surface area contributed by atoms with Crippen molar-refractivity contribution in [3.05, 3.63) is 34.3 Å². The van der Waals surface area contributed by atoms with E-state index in [0.29, 0.717) is 0 Å². The molecule has 1 aromatic carbocycles. The lowest BCUT2D eigenvalue weighted by Gasteiger charge is -2.17. The van der Waals surface area contributed by atoms with Crippen molar-refractivity contribution in [2.75, 3.05) is 6.54 Å². The molecule has 0 spiro atoms. The van der Waals surface area contributed by atoms with Crippen LogP contribution in [0.15, 0.2) is 18.2 Å². The Morgan fingerprint density at radius 2 is 2.00 bits per heavy atom. The summed E-state index contributed by atoms with van der Waals surface area (Å²) in [7, 11) is 0. The molecule has 0 amide bonds. The third kappa shape index (κ3) is 2.86. The molecule has 1 aromatic rings. The van der Waals surface area contributed by atoms with Gasteiger partial charge in [0.15, 0.2) is 0 Å². The van der Waals surface area contributed by atoms with Crippen molar-refractivity contribution in [1.29, 1.82) is 0 Å². The molecule has 1 unspecified atom stereocenters. The Kier molecular flexibility index (Phi) is 3.62. The summed E-state index contributed by atoms with van der Waals surface area (Å²) in [5, 5.41) is 0.0790. The fourth-order valence-electron chi connectivity index (χ4n) is 1.33. The fourth-order valence-corrected chi connectivity index (χ4v) is 1.50. The second-order valence-corrected chi connectivity index (χ2v) is 3.80. The second kappa shape index (κ2) is 4.41. The van der Waals surface area contributed by atoms with Crippen molar-refractivity contribution in [3.63, 3.8) is 0 Å². The molecule has 0 saturated carbocycles. The van der Waals surface area contributed by atoms with Gasteiger partial charge in [-0.05, 0) is 30.2 Å². The van der Waals surface area contributed by atoms with Gasteiger partial charge in [0.1, 0.15) is 0 Å². The largest absolute Gasteiger partial charge is 0.416 e. The predicted octanol–water partition coefficient (Wildman–Crippen LogP) is 3.42. The van der Waals surface area contributed by atoms with Crippen molar-refractivity contribution in [3.8, 4) is 0 Å². The highest BCUT2D eigenvalue weighted by Gasteiger charge is 2.34. The minimum Gasteiger partial charge on any atom is -0.330 e. The molecule has 1 rings (SSSR count). The Morgan fingerprint density at radius 1 is 1.40 bits per heavy atom. The third-order valence-electron chi connectivity index (χ3n) is 2.21. The highest BCUT2D eigenvalue weighted by molar-refractivity contribution is 6.30. The van der Waals surface area contributed by atoms with E-state index >= 15 is 0 Å². The van der Waals surface area contributed by atoms with Gasteiger partial charge in [-0.2, -0.15) is 13.2 Å². The van der Waals surface area contributed by atoms with Crippen molar-refractivity contribution in [2.24, 2.45) is 5.73 Å². The summed E-state index contributed by atoms with van der Waals surface area (Å²) in [6, 6.07) is 3.75. The molecular formula is C10H11ClF3N. The van der Waals surface area contributed by atoms with E-state index in [4.69, 9.17) is 17.3 Å². The lowest BCUT2D eigenvalue weighted by atomic mass is 9.95. The van der Waals surface area contributed by atoms with Gasteiger partial charge in [0.2, 0.25) is 0 Å². The van der Waals surface area contributed by atoms with E-state index in [2.05, 4.69) is 0 Å². The van der Waals surface area contributed by atoms with Crippen LogP contribution in [0.3, 0.4) is 0 Å². The monoisotopic (exact) mass is 237 g/mol. The lowest BCUT2D eigenvalue weighted by molar-refractivity contribution is -0.138. The Bertz CT molecular complexity index is 349. The van der Waals surface area contributed by atoms with E-state index in [1.54, 1.807) is 6.92 Å². The Morgan fingerprint density at radius 3 is 2.47 bits per heavy atom. The molecule has 1 nitrogen and oxygen atoms in total. The van der Waals surface area contributed by atoms with E-state index in [9.17, 15) is 13.2 Å². The zero-order chi connectivity index (χ0) is 11.6. The minimum absolute atomic E-state index is 0.0790. The van der Waals surface area contributed by atoms with Gasteiger partial charge >= 0.3 is 6.18 Å². The van der Waals surface area contributed by atoms with Crippen LogP contribution in [0.4, 0.5) is 13.2 Å². The van der Waals surface area contributed by atoms with Crippen LogP contribution in [0.1, 0.15) is 24.0 Å². The molecule has 0 aliphatic heterocycles. The first-order valence-corrected chi connectivity index (χ1v) is 4.80. The Balaban J connectivity index is 3.27. The number of hydrogen-bond acceptors (Lipinski definition) is 1. The van der Waals surface area contributed by atoms with Crippen LogP contribution >= 0.6 is 11.6 Å². The number of rotatable bonds is 2. The highest BCUT2D eigenvalue weighted by atomic mass is 35.5. The summed E-state index contributed by atoms with van der Waals surface area (Å²) >= 11 is 5.54. The van der Waals surface area contributed by atoms with Gasteiger partial charge < -0.3 is 5.73 Å². The topological polar surface area (TPSA) is 26.0 Å². The Labute approximate surface area is 91.0 Å². The maximum atomic E-state index is 12.6. The molecule has 1 atom stereocenters.